The number of carbonyl (C=O) groups excluding carboxylic acids is 4. The van der Waals surface area contributed by atoms with Crippen LogP contribution in [0.3, 0.4) is 0 Å². The van der Waals surface area contributed by atoms with Crippen LogP contribution in [0.5, 0.6) is 5.75 Å². The number of likely N-dealkylation sites (tertiary alicyclic amines) is 1. The molecule has 4 aliphatic rings. The number of phenolic OH excluding ortho intramolecular Hbond substituents is 1. The molecular weight excluding hydrogens is 612 g/mol. The van der Waals surface area contributed by atoms with E-state index in [2.05, 4.69) is 6.08 Å². The molecule has 2 saturated heterocycles. The van der Waals surface area contributed by atoms with Crippen LogP contribution in [0.25, 0.3) is 10.8 Å². The Morgan fingerprint density at radius 2 is 1.57 bits per heavy atom. The van der Waals surface area contributed by atoms with Crippen LogP contribution in [-0.4, -0.2) is 40.2 Å². The summed E-state index contributed by atoms with van der Waals surface area (Å²) in [5.41, 5.74) is 1.42. The number of hydrogen-bond acceptors (Lipinski definition) is 5. The highest BCUT2D eigenvalue weighted by molar-refractivity contribution is 6.32. The highest BCUT2D eigenvalue weighted by atomic mass is 35.5. The first-order valence-electron chi connectivity index (χ1n) is 16.2. The summed E-state index contributed by atoms with van der Waals surface area (Å²) < 4.78 is 0. The second-order valence-electron chi connectivity index (χ2n) is 13.1. The maximum atomic E-state index is 15.4. The zero-order valence-electron chi connectivity index (χ0n) is 25.8. The van der Waals surface area contributed by atoms with Gasteiger partial charge in [-0.3, -0.25) is 24.1 Å². The molecule has 1 N–H and O–H groups in total. The van der Waals surface area contributed by atoms with Gasteiger partial charge in [-0.05, 0) is 66.0 Å². The Kier molecular flexibility index (Phi) is 6.88. The number of imide groups is 2. The van der Waals surface area contributed by atoms with Crippen molar-refractivity contribution in [1.29, 1.82) is 0 Å². The van der Waals surface area contributed by atoms with Gasteiger partial charge in [0.25, 0.3) is 0 Å². The van der Waals surface area contributed by atoms with Crippen LogP contribution >= 0.6 is 11.6 Å². The van der Waals surface area contributed by atoms with Gasteiger partial charge >= 0.3 is 0 Å². The first kappa shape index (κ1) is 29.6. The first-order chi connectivity index (χ1) is 22.8. The van der Waals surface area contributed by atoms with E-state index in [-0.39, 0.29) is 35.8 Å². The van der Waals surface area contributed by atoms with Crippen molar-refractivity contribution >= 4 is 51.7 Å². The van der Waals surface area contributed by atoms with Crippen LogP contribution in [-0.2, 0) is 24.6 Å². The zero-order valence-corrected chi connectivity index (χ0v) is 26.6. The fourth-order valence-electron chi connectivity index (χ4n) is 9.16. The number of halogens is 1. The van der Waals surface area contributed by atoms with Crippen molar-refractivity contribution in [3.8, 4) is 5.75 Å². The van der Waals surface area contributed by atoms with Gasteiger partial charge in [-0.15, -0.1) is 0 Å². The fourth-order valence-corrected chi connectivity index (χ4v) is 9.34. The number of anilines is 1. The predicted octanol–water partition coefficient (Wildman–Crippen LogP) is 6.77. The van der Waals surface area contributed by atoms with Gasteiger partial charge in [-0.2, -0.15) is 0 Å². The molecule has 7 nitrogen and oxygen atoms in total. The number of carbonyl (C=O) groups is 4. The molecule has 4 amide bonds. The first-order valence-corrected chi connectivity index (χ1v) is 16.6. The van der Waals surface area contributed by atoms with E-state index in [4.69, 9.17) is 11.6 Å². The van der Waals surface area contributed by atoms with Crippen LogP contribution in [0, 0.1) is 23.7 Å². The van der Waals surface area contributed by atoms with Gasteiger partial charge in [0.05, 0.1) is 28.9 Å². The number of allylic oxidation sites excluding steroid dienone is 2. The molecule has 6 unspecified atom stereocenters. The summed E-state index contributed by atoms with van der Waals surface area (Å²) in [6, 6.07) is 27.2. The molecule has 0 bridgehead atoms. The lowest BCUT2D eigenvalue weighted by atomic mass is 9.49. The van der Waals surface area contributed by atoms with E-state index >= 15 is 4.79 Å². The van der Waals surface area contributed by atoms with E-state index in [0.29, 0.717) is 41.0 Å². The smallest absolute Gasteiger partial charge is 0.246 e. The molecule has 1 saturated carbocycles. The molecule has 4 aromatic carbocycles. The molecule has 236 valence electrons. The van der Waals surface area contributed by atoms with E-state index in [1.807, 2.05) is 67.6 Å². The summed E-state index contributed by atoms with van der Waals surface area (Å²) in [4.78, 5) is 60.6. The summed E-state index contributed by atoms with van der Waals surface area (Å²) in [7, 11) is 0. The zero-order chi connectivity index (χ0) is 32.6. The van der Waals surface area contributed by atoms with Crippen LogP contribution < -0.4 is 4.90 Å². The number of benzene rings is 4. The molecule has 8 rings (SSSR count). The molecule has 6 atom stereocenters. The summed E-state index contributed by atoms with van der Waals surface area (Å²) in [6.07, 6.45) is 3.35. The quantitative estimate of drug-likeness (QED) is 0.191. The van der Waals surface area contributed by atoms with Crippen molar-refractivity contribution in [2.75, 3.05) is 11.4 Å². The minimum absolute atomic E-state index is 0.112. The highest BCUT2D eigenvalue weighted by Crippen LogP contribution is 2.65. The van der Waals surface area contributed by atoms with Crippen LogP contribution in [0.15, 0.2) is 103 Å². The molecular formula is C39H33ClN2O5. The topological polar surface area (TPSA) is 95.0 Å². The summed E-state index contributed by atoms with van der Waals surface area (Å²) >= 11 is 6.40. The van der Waals surface area contributed by atoms with Crippen LogP contribution in [0.2, 0.25) is 5.02 Å². The van der Waals surface area contributed by atoms with Crippen molar-refractivity contribution in [3.05, 3.63) is 119 Å². The van der Waals surface area contributed by atoms with E-state index in [1.165, 1.54) is 9.80 Å². The number of amides is 4. The Balaban J connectivity index is 1.43. The molecule has 0 aromatic heterocycles. The van der Waals surface area contributed by atoms with E-state index in [9.17, 15) is 19.5 Å². The van der Waals surface area contributed by atoms with Crippen molar-refractivity contribution in [3.63, 3.8) is 0 Å². The van der Waals surface area contributed by atoms with Gasteiger partial charge in [0.2, 0.25) is 23.6 Å². The SMILES string of the molecule is CCCN1C(=O)C2CC=C3C(CC4C(=O)N(c5cccc(Cl)c5)C(=O)C4(c4ccccc4)C3c3ccc(O)c4ccccc34)C2C1=O. The Bertz CT molecular complexity index is 2020. The minimum Gasteiger partial charge on any atom is -0.507 e. The van der Waals surface area contributed by atoms with Crippen molar-refractivity contribution in [2.24, 2.45) is 23.7 Å². The number of hydrogen-bond donors (Lipinski definition) is 1. The fraction of sp³-hybridized carbons (Fsp3) is 0.282. The van der Waals surface area contributed by atoms with Gasteiger partial charge in [0.15, 0.2) is 0 Å². The van der Waals surface area contributed by atoms with Gasteiger partial charge < -0.3 is 5.11 Å². The monoisotopic (exact) mass is 644 g/mol. The largest absolute Gasteiger partial charge is 0.507 e. The Hall–Kier alpha value is -4.75. The van der Waals surface area contributed by atoms with Crippen molar-refractivity contribution in [1.82, 2.24) is 4.90 Å². The summed E-state index contributed by atoms with van der Waals surface area (Å²) in [6.45, 7) is 2.30. The Morgan fingerprint density at radius 3 is 2.32 bits per heavy atom. The lowest BCUT2D eigenvalue weighted by Crippen LogP contribution is -2.53. The molecule has 3 fully saturated rings. The third kappa shape index (κ3) is 4.05. The van der Waals surface area contributed by atoms with Crippen LogP contribution in [0.1, 0.15) is 43.2 Å². The maximum absolute atomic E-state index is 15.4. The van der Waals surface area contributed by atoms with E-state index in [1.54, 1.807) is 30.3 Å². The predicted molar refractivity (Wildman–Crippen MR) is 179 cm³/mol. The average Bonchev–Trinajstić information content (AvgIpc) is 3.46. The maximum Gasteiger partial charge on any atom is 0.246 e. The van der Waals surface area contributed by atoms with E-state index in [0.717, 1.165) is 16.5 Å². The third-order valence-electron chi connectivity index (χ3n) is 11.0. The molecule has 8 heteroatoms. The number of nitrogens with zero attached hydrogens (tertiary/aromatic N) is 2. The molecule has 0 spiro atoms. The molecule has 0 radical (unpaired) electrons. The number of rotatable bonds is 5. The summed E-state index contributed by atoms with van der Waals surface area (Å²) in [5, 5.41) is 12.7. The van der Waals surface area contributed by atoms with Crippen molar-refractivity contribution < 1.29 is 24.3 Å². The van der Waals surface area contributed by atoms with Gasteiger partial charge in [-0.1, -0.05) is 96.9 Å². The number of phenols is 1. The van der Waals surface area contributed by atoms with Gasteiger partial charge in [0, 0.05) is 22.9 Å². The summed E-state index contributed by atoms with van der Waals surface area (Å²) in [5.74, 6) is -3.98. The normalized spacial score (nSPS) is 28.4. The van der Waals surface area contributed by atoms with Gasteiger partial charge in [0.1, 0.15) is 5.75 Å². The molecule has 2 aliphatic heterocycles. The highest BCUT2D eigenvalue weighted by Gasteiger charge is 2.70. The average molecular weight is 645 g/mol. The molecule has 2 heterocycles. The number of aromatic hydroxyl groups is 1. The lowest BCUT2D eigenvalue weighted by molar-refractivity contribution is -0.140. The molecule has 2 aliphatic carbocycles. The second kappa shape index (κ2) is 10.9. The third-order valence-corrected chi connectivity index (χ3v) is 11.2. The standard InChI is InChI=1S/C39H33ClN2O5/c1-2-19-41-35(44)29-16-15-28-30(33(29)37(41)46)21-31-36(45)42(24-12-8-11-23(40)20-24)38(47)39(31,22-9-4-3-5-10-22)34(28)27-17-18-32(43)26-14-7-6-13-25(26)27/h3-15,17-18,20,29-31,33-34,43H,2,16,19,21H2,1H3. The minimum atomic E-state index is -1.37. The molecule has 4 aromatic rings. The lowest BCUT2D eigenvalue weighted by Gasteiger charge is -2.51. The Labute approximate surface area is 277 Å². The number of fused-ring (bicyclic) bond motifs is 5. The van der Waals surface area contributed by atoms with Crippen LogP contribution in [0.4, 0.5) is 5.69 Å². The van der Waals surface area contributed by atoms with E-state index < -0.39 is 35.0 Å². The molecule has 47 heavy (non-hydrogen) atoms. The second-order valence-corrected chi connectivity index (χ2v) is 13.6. The van der Waals surface area contributed by atoms with Crippen molar-refractivity contribution in [2.45, 2.75) is 37.5 Å². The van der Waals surface area contributed by atoms with Gasteiger partial charge in [-0.25, -0.2) is 4.90 Å². The Morgan fingerprint density at radius 1 is 0.830 bits per heavy atom.